The summed E-state index contributed by atoms with van der Waals surface area (Å²) >= 11 is 0. The first-order valence-corrected chi connectivity index (χ1v) is 8.06. The predicted octanol–water partition coefficient (Wildman–Crippen LogP) is 1.07. The van der Waals surface area contributed by atoms with Crippen molar-refractivity contribution in [2.24, 2.45) is 11.3 Å². The highest BCUT2D eigenvalue weighted by Crippen LogP contribution is 2.48. The number of rotatable bonds is 8. The van der Waals surface area contributed by atoms with E-state index in [2.05, 4.69) is 10.1 Å². The third kappa shape index (κ3) is 3.49. The summed E-state index contributed by atoms with van der Waals surface area (Å²) in [5.41, 5.74) is 2.86. The van der Waals surface area contributed by atoms with Crippen molar-refractivity contribution in [3.63, 3.8) is 0 Å². The van der Waals surface area contributed by atoms with Crippen LogP contribution in [-0.4, -0.2) is 28.7 Å². The maximum absolute atomic E-state index is 12.3. The number of sulfonamides is 1. The number of methoxy groups -OCH3 is 1. The zero-order valence-electron chi connectivity index (χ0n) is 11.6. The van der Waals surface area contributed by atoms with Crippen LogP contribution in [0.3, 0.4) is 0 Å². The number of ether oxygens (including phenoxy) is 1. The van der Waals surface area contributed by atoms with Crippen molar-refractivity contribution < 1.29 is 13.2 Å². The van der Waals surface area contributed by atoms with Gasteiger partial charge in [-0.25, -0.2) is 13.1 Å². The van der Waals surface area contributed by atoms with Gasteiger partial charge < -0.3 is 10.2 Å². The Bertz CT molecular complexity index is 556. The van der Waals surface area contributed by atoms with Crippen LogP contribution in [0.5, 0.6) is 0 Å². The molecule has 0 heterocycles. The molecule has 4 N–H and O–H groups in total. The second kappa shape index (κ2) is 6.09. The molecule has 2 rings (SSSR count). The predicted molar refractivity (Wildman–Crippen MR) is 77.6 cm³/mol. The molecule has 1 saturated carbocycles. The van der Waals surface area contributed by atoms with Gasteiger partial charge in [-0.1, -0.05) is 12.1 Å². The van der Waals surface area contributed by atoms with Crippen LogP contribution in [0.25, 0.3) is 0 Å². The molecule has 7 heteroatoms. The van der Waals surface area contributed by atoms with Gasteiger partial charge in [-0.2, -0.15) is 0 Å². The van der Waals surface area contributed by atoms with Gasteiger partial charge >= 0.3 is 0 Å². The Balaban J connectivity index is 2.05. The zero-order chi connectivity index (χ0) is 14.6. The Labute approximate surface area is 119 Å². The second-order valence-corrected chi connectivity index (χ2v) is 6.94. The van der Waals surface area contributed by atoms with E-state index in [-0.39, 0.29) is 10.3 Å². The number of benzene rings is 1. The summed E-state index contributed by atoms with van der Waals surface area (Å²) in [4.78, 5) is 0.171. The van der Waals surface area contributed by atoms with Crippen LogP contribution in [-0.2, 0) is 14.8 Å². The molecule has 0 aromatic heterocycles. The smallest absolute Gasteiger partial charge is 0.242 e. The van der Waals surface area contributed by atoms with Crippen LogP contribution >= 0.6 is 0 Å². The lowest BCUT2D eigenvalue weighted by atomic mass is 10.0. The Morgan fingerprint density at radius 2 is 2.05 bits per heavy atom. The standard InChI is InChI=1S/C13H21N3O3S/c1-19-9-8-13(6-7-13)10-15-20(17,18)12-5-3-2-4-11(12)16-14/h2-5,15-16H,6-10,14H2,1H3. The Hall–Kier alpha value is -1.15. The van der Waals surface area contributed by atoms with Gasteiger partial charge in [0.1, 0.15) is 4.90 Å². The molecule has 1 aromatic rings. The lowest BCUT2D eigenvalue weighted by Gasteiger charge is -2.16. The second-order valence-electron chi connectivity index (χ2n) is 5.21. The summed E-state index contributed by atoms with van der Waals surface area (Å²) in [6, 6.07) is 6.57. The lowest BCUT2D eigenvalue weighted by molar-refractivity contribution is 0.173. The van der Waals surface area contributed by atoms with E-state index in [0.717, 1.165) is 19.3 Å². The van der Waals surface area contributed by atoms with Gasteiger partial charge in [0.2, 0.25) is 10.0 Å². The molecular formula is C13H21N3O3S. The van der Waals surface area contributed by atoms with Gasteiger partial charge in [0.25, 0.3) is 0 Å². The SMILES string of the molecule is COCCC1(CNS(=O)(=O)c2ccccc2NN)CC1. The van der Waals surface area contributed by atoms with Gasteiger partial charge in [0, 0.05) is 20.3 Å². The normalized spacial score (nSPS) is 16.9. The maximum Gasteiger partial charge on any atom is 0.242 e. The fourth-order valence-electron chi connectivity index (χ4n) is 2.16. The van der Waals surface area contributed by atoms with E-state index in [4.69, 9.17) is 10.6 Å². The highest BCUT2D eigenvalue weighted by Gasteiger charge is 2.42. The van der Waals surface area contributed by atoms with Crippen LogP contribution in [0.1, 0.15) is 19.3 Å². The summed E-state index contributed by atoms with van der Waals surface area (Å²) < 4.78 is 32.4. The number of hydrazine groups is 1. The minimum absolute atomic E-state index is 0.0637. The van der Waals surface area contributed by atoms with E-state index in [1.54, 1.807) is 25.3 Å². The minimum Gasteiger partial charge on any atom is -0.385 e. The molecule has 0 unspecified atom stereocenters. The molecule has 0 aliphatic heterocycles. The largest absolute Gasteiger partial charge is 0.385 e. The Morgan fingerprint density at radius 1 is 1.35 bits per heavy atom. The van der Waals surface area contributed by atoms with Crippen molar-refractivity contribution >= 4 is 15.7 Å². The Morgan fingerprint density at radius 3 is 2.65 bits per heavy atom. The molecule has 0 atom stereocenters. The molecule has 0 bridgehead atoms. The monoisotopic (exact) mass is 299 g/mol. The fraction of sp³-hybridized carbons (Fsp3) is 0.538. The highest BCUT2D eigenvalue weighted by molar-refractivity contribution is 7.89. The van der Waals surface area contributed by atoms with Gasteiger partial charge in [0.15, 0.2) is 0 Å². The van der Waals surface area contributed by atoms with E-state index in [1.807, 2.05) is 0 Å². The first kappa shape index (κ1) is 15.2. The minimum atomic E-state index is -3.55. The topological polar surface area (TPSA) is 93.4 Å². The van der Waals surface area contributed by atoms with Gasteiger partial charge in [-0.15, -0.1) is 0 Å². The number of nitrogen functional groups attached to an aromatic ring is 1. The summed E-state index contributed by atoms with van der Waals surface area (Å²) in [5, 5.41) is 0. The van der Waals surface area contributed by atoms with E-state index < -0.39 is 10.0 Å². The lowest BCUT2D eigenvalue weighted by Crippen LogP contribution is -2.31. The van der Waals surface area contributed by atoms with Crippen LogP contribution in [0, 0.1) is 5.41 Å². The average Bonchev–Trinajstić information content (AvgIpc) is 3.24. The highest BCUT2D eigenvalue weighted by atomic mass is 32.2. The number of nitrogens with two attached hydrogens (primary N) is 1. The van der Waals surface area contributed by atoms with Crippen LogP contribution in [0.15, 0.2) is 29.2 Å². The van der Waals surface area contributed by atoms with Crippen molar-refractivity contribution in [1.82, 2.24) is 4.72 Å². The molecule has 20 heavy (non-hydrogen) atoms. The van der Waals surface area contributed by atoms with E-state index in [1.165, 1.54) is 6.07 Å². The molecule has 0 saturated heterocycles. The number of anilines is 1. The van der Waals surface area contributed by atoms with E-state index in [0.29, 0.717) is 18.8 Å². The molecule has 0 amide bonds. The first-order chi connectivity index (χ1) is 9.53. The van der Waals surface area contributed by atoms with Crippen molar-refractivity contribution in [3.8, 4) is 0 Å². The number of hydrogen-bond acceptors (Lipinski definition) is 5. The third-order valence-electron chi connectivity index (χ3n) is 3.76. The van der Waals surface area contributed by atoms with Crippen molar-refractivity contribution in [2.75, 3.05) is 25.7 Å². The number of para-hydroxylation sites is 1. The molecule has 0 radical (unpaired) electrons. The van der Waals surface area contributed by atoms with E-state index in [9.17, 15) is 8.42 Å². The summed E-state index contributed by atoms with van der Waals surface area (Å²) in [7, 11) is -1.90. The van der Waals surface area contributed by atoms with E-state index >= 15 is 0 Å². The summed E-state index contributed by atoms with van der Waals surface area (Å²) in [6.45, 7) is 1.10. The van der Waals surface area contributed by atoms with Crippen molar-refractivity contribution in [1.29, 1.82) is 0 Å². The first-order valence-electron chi connectivity index (χ1n) is 6.57. The summed E-state index contributed by atoms with van der Waals surface area (Å²) in [6.07, 6.45) is 2.95. The quantitative estimate of drug-likeness (QED) is 0.493. The Kier molecular flexibility index (Phi) is 4.64. The van der Waals surface area contributed by atoms with Crippen molar-refractivity contribution in [3.05, 3.63) is 24.3 Å². The fourth-order valence-corrected chi connectivity index (χ4v) is 3.48. The molecule has 1 aliphatic carbocycles. The molecule has 1 fully saturated rings. The molecule has 6 nitrogen and oxygen atoms in total. The zero-order valence-corrected chi connectivity index (χ0v) is 12.4. The van der Waals surface area contributed by atoms with Crippen LogP contribution in [0.4, 0.5) is 5.69 Å². The number of hydrogen-bond donors (Lipinski definition) is 3. The van der Waals surface area contributed by atoms with Crippen molar-refractivity contribution in [2.45, 2.75) is 24.2 Å². The average molecular weight is 299 g/mol. The van der Waals surface area contributed by atoms with Gasteiger partial charge in [-0.05, 0) is 36.8 Å². The molecule has 112 valence electrons. The molecule has 0 spiro atoms. The third-order valence-corrected chi connectivity index (χ3v) is 5.22. The van der Waals surface area contributed by atoms with Gasteiger partial charge in [0.05, 0.1) is 5.69 Å². The molecule has 1 aromatic carbocycles. The summed E-state index contributed by atoms with van der Waals surface area (Å²) in [5.74, 6) is 5.35. The van der Waals surface area contributed by atoms with Crippen LogP contribution < -0.4 is 16.0 Å². The molecular weight excluding hydrogens is 278 g/mol. The molecule has 1 aliphatic rings. The number of nitrogens with one attached hydrogen (secondary N) is 2. The van der Waals surface area contributed by atoms with Crippen LogP contribution in [0.2, 0.25) is 0 Å². The maximum atomic E-state index is 12.3. The van der Waals surface area contributed by atoms with Gasteiger partial charge in [-0.3, -0.25) is 5.84 Å².